The third-order valence-corrected chi connectivity index (χ3v) is 7.32. The summed E-state index contributed by atoms with van der Waals surface area (Å²) in [7, 11) is 0. The maximum Gasteiger partial charge on any atom is 0.271 e. The molecule has 1 spiro atoms. The Morgan fingerprint density at radius 1 is 1.33 bits per heavy atom. The zero-order chi connectivity index (χ0) is 18.5. The summed E-state index contributed by atoms with van der Waals surface area (Å²) in [5.41, 5.74) is 6.80. The van der Waals surface area contributed by atoms with Gasteiger partial charge in [-0.25, -0.2) is 9.37 Å². The zero-order valence-corrected chi connectivity index (χ0v) is 15.3. The van der Waals surface area contributed by atoms with Crippen molar-refractivity contribution in [3.8, 4) is 0 Å². The molecule has 3 N–H and O–H groups in total. The van der Waals surface area contributed by atoms with Gasteiger partial charge in [0.2, 0.25) is 0 Å². The summed E-state index contributed by atoms with van der Waals surface area (Å²) in [6.45, 7) is 1.28. The molecular formula is C18H18FN5O2S. The minimum atomic E-state index is -0.553. The van der Waals surface area contributed by atoms with Crippen LogP contribution in [0.5, 0.6) is 0 Å². The molecule has 140 valence electrons. The standard InChI is InChI=1S/C18H18FN5O2S/c19-9-5-24-15(21-14(9)23-6-10(20)18(7-23)3-4-18)11(8-1-2-8)13-12(17(24)26)16(25)22-27-13/h5,8,10H,1-4,6-7,20H2,(H,22,25). The average Bonchev–Trinajstić information content (AvgIpc) is 3.53. The predicted octanol–water partition coefficient (Wildman–Crippen LogP) is 1.54. The Morgan fingerprint density at radius 2 is 2.11 bits per heavy atom. The molecule has 1 atom stereocenters. The van der Waals surface area contributed by atoms with Gasteiger partial charge in [-0.1, -0.05) is 11.5 Å². The van der Waals surface area contributed by atoms with Gasteiger partial charge in [-0.2, -0.15) is 0 Å². The second kappa shape index (κ2) is 4.96. The Balaban J connectivity index is 1.63. The molecule has 0 radical (unpaired) electrons. The summed E-state index contributed by atoms with van der Waals surface area (Å²) in [6.07, 6.45) is 5.31. The Kier molecular flexibility index (Phi) is 2.90. The molecule has 0 aromatic carbocycles. The van der Waals surface area contributed by atoms with Crippen LogP contribution in [-0.2, 0) is 0 Å². The molecule has 9 heteroatoms. The lowest BCUT2D eigenvalue weighted by Gasteiger charge is -2.19. The average molecular weight is 387 g/mol. The van der Waals surface area contributed by atoms with Crippen molar-refractivity contribution >= 4 is 33.1 Å². The minimum absolute atomic E-state index is 0.0254. The highest BCUT2D eigenvalue weighted by Crippen LogP contribution is 2.53. The number of nitrogens with zero attached hydrogens (tertiary/aromatic N) is 3. The van der Waals surface area contributed by atoms with Gasteiger partial charge in [0.1, 0.15) is 11.0 Å². The first kappa shape index (κ1) is 15.8. The van der Waals surface area contributed by atoms with Crippen LogP contribution >= 0.6 is 11.5 Å². The fraction of sp³-hybridized carbons (Fsp3) is 0.500. The Morgan fingerprint density at radius 3 is 2.78 bits per heavy atom. The van der Waals surface area contributed by atoms with Gasteiger partial charge in [0.05, 0.1) is 10.9 Å². The number of nitrogens with one attached hydrogen (secondary N) is 1. The minimum Gasteiger partial charge on any atom is -0.352 e. The normalized spacial score (nSPS) is 23.8. The number of pyridine rings is 1. The molecule has 3 aliphatic rings. The molecule has 1 saturated heterocycles. The largest absolute Gasteiger partial charge is 0.352 e. The van der Waals surface area contributed by atoms with Crippen LogP contribution in [0, 0.1) is 11.2 Å². The third-order valence-electron chi connectivity index (χ3n) is 6.40. The van der Waals surface area contributed by atoms with Gasteiger partial charge in [0, 0.05) is 30.1 Å². The molecule has 7 nitrogen and oxygen atoms in total. The van der Waals surface area contributed by atoms with Crippen molar-refractivity contribution in [2.24, 2.45) is 11.1 Å². The van der Waals surface area contributed by atoms with Crippen LogP contribution < -0.4 is 21.8 Å². The number of H-pyrrole nitrogens is 1. The first-order valence-corrected chi connectivity index (χ1v) is 10.1. The van der Waals surface area contributed by atoms with E-state index in [1.54, 1.807) is 0 Å². The van der Waals surface area contributed by atoms with E-state index in [1.165, 1.54) is 22.1 Å². The van der Waals surface area contributed by atoms with E-state index < -0.39 is 16.9 Å². The summed E-state index contributed by atoms with van der Waals surface area (Å²) >= 11 is 1.17. The molecule has 0 amide bonds. The molecule has 1 aliphatic heterocycles. The molecule has 1 unspecified atom stereocenters. The first-order chi connectivity index (χ1) is 13.0. The number of nitrogens with two attached hydrogens (primary N) is 1. The van der Waals surface area contributed by atoms with Crippen molar-refractivity contribution in [1.82, 2.24) is 13.8 Å². The fourth-order valence-corrected chi connectivity index (χ4v) is 5.45. The highest BCUT2D eigenvalue weighted by Gasteiger charge is 2.54. The third kappa shape index (κ3) is 2.06. The summed E-state index contributed by atoms with van der Waals surface area (Å²) in [5.74, 6) is -0.0315. The molecular weight excluding hydrogens is 369 g/mol. The maximum absolute atomic E-state index is 14.9. The van der Waals surface area contributed by atoms with E-state index >= 15 is 0 Å². The van der Waals surface area contributed by atoms with Gasteiger partial charge < -0.3 is 10.6 Å². The SMILES string of the molecule is NC1CN(c2nc3c(C4CC4)c4s[nH]c(=O)c4c(=O)n3cc2F)CC12CC2. The van der Waals surface area contributed by atoms with Crippen LogP contribution in [0.2, 0.25) is 0 Å². The van der Waals surface area contributed by atoms with Crippen LogP contribution in [0.4, 0.5) is 10.2 Å². The van der Waals surface area contributed by atoms with E-state index in [2.05, 4.69) is 9.36 Å². The molecule has 3 aromatic rings. The van der Waals surface area contributed by atoms with Crippen LogP contribution in [0.25, 0.3) is 15.7 Å². The second-order valence-electron chi connectivity index (χ2n) is 8.19. The lowest BCUT2D eigenvalue weighted by atomic mass is 10.0. The second-order valence-corrected chi connectivity index (χ2v) is 9.00. The van der Waals surface area contributed by atoms with Crippen LogP contribution in [0.1, 0.15) is 37.2 Å². The van der Waals surface area contributed by atoms with Crippen LogP contribution in [0.15, 0.2) is 15.8 Å². The summed E-state index contributed by atoms with van der Waals surface area (Å²) in [5, 5.41) is 0.105. The molecule has 3 aromatic heterocycles. The number of halogens is 1. The zero-order valence-electron chi connectivity index (χ0n) is 14.5. The lowest BCUT2D eigenvalue weighted by molar-refractivity contribution is 0.499. The highest BCUT2D eigenvalue weighted by molar-refractivity contribution is 7.13. The van der Waals surface area contributed by atoms with Crippen molar-refractivity contribution in [1.29, 1.82) is 0 Å². The molecule has 2 saturated carbocycles. The van der Waals surface area contributed by atoms with E-state index in [1.807, 2.05) is 4.90 Å². The highest BCUT2D eigenvalue weighted by atomic mass is 32.1. The van der Waals surface area contributed by atoms with Gasteiger partial charge in [-0.3, -0.25) is 18.4 Å². The van der Waals surface area contributed by atoms with Gasteiger partial charge in [-0.15, -0.1) is 0 Å². The maximum atomic E-state index is 14.9. The summed E-state index contributed by atoms with van der Waals surface area (Å²) in [6, 6.07) is 0.0254. The quantitative estimate of drug-likeness (QED) is 0.695. The van der Waals surface area contributed by atoms with E-state index in [4.69, 9.17) is 5.73 Å². The fourth-order valence-electron chi connectivity index (χ4n) is 4.50. The lowest BCUT2D eigenvalue weighted by Crippen LogP contribution is -2.31. The predicted molar refractivity (Wildman–Crippen MR) is 101 cm³/mol. The van der Waals surface area contributed by atoms with Crippen LogP contribution in [-0.4, -0.2) is 32.9 Å². The molecule has 3 fully saturated rings. The Bertz CT molecular complexity index is 1240. The van der Waals surface area contributed by atoms with E-state index in [9.17, 15) is 14.0 Å². The number of fused-ring (bicyclic) bond motifs is 2. The van der Waals surface area contributed by atoms with Gasteiger partial charge in [-0.05, 0) is 31.6 Å². The molecule has 27 heavy (non-hydrogen) atoms. The van der Waals surface area contributed by atoms with E-state index in [-0.39, 0.29) is 28.6 Å². The monoisotopic (exact) mass is 387 g/mol. The number of hydrogen-bond donors (Lipinski definition) is 2. The topological polar surface area (TPSA) is 96.5 Å². The Labute approximate surface area is 156 Å². The molecule has 2 aliphatic carbocycles. The molecule has 4 heterocycles. The summed E-state index contributed by atoms with van der Waals surface area (Å²) in [4.78, 5) is 31.5. The number of rotatable bonds is 2. The van der Waals surface area contributed by atoms with Gasteiger partial charge >= 0.3 is 0 Å². The number of aromatic amines is 1. The summed E-state index contributed by atoms with van der Waals surface area (Å²) < 4.78 is 19.5. The van der Waals surface area contributed by atoms with Crippen molar-refractivity contribution in [3.63, 3.8) is 0 Å². The Hall–Kier alpha value is -2.26. The van der Waals surface area contributed by atoms with E-state index in [0.29, 0.717) is 23.4 Å². The first-order valence-electron chi connectivity index (χ1n) is 9.25. The number of anilines is 1. The molecule has 0 bridgehead atoms. The van der Waals surface area contributed by atoms with Gasteiger partial charge in [0.15, 0.2) is 11.6 Å². The van der Waals surface area contributed by atoms with Crippen molar-refractivity contribution in [2.45, 2.75) is 37.6 Å². The van der Waals surface area contributed by atoms with Crippen molar-refractivity contribution in [2.75, 3.05) is 18.0 Å². The van der Waals surface area contributed by atoms with E-state index in [0.717, 1.165) is 31.2 Å². The smallest absolute Gasteiger partial charge is 0.271 e. The number of hydrogen-bond acceptors (Lipinski definition) is 6. The number of aromatic nitrogens is 3. The van der Waals surface area contributed by atoms with Crippen molar-refractivity contribution < 1.29 is 4.39 Å². The van der Waals surface area contributed by atoms with Crippen LogP contribution in [0.3, 0.4) is 0 Å². The van der Waals surface area contributed by atoms with Crippen molar-refractivity contribution in [3.05, 3.63) is 38.3 Å². The van der Waals surface area contributed by atoms with Gasteiger partial charge in [0.25, 0.3) is 11.1 Å². The molecule has 6 rings (SSSR count).